The molecular weight excluding hydrogens is 462 g/mol. The summed E-state index contributed by atoms with van der Waals surface area (Å²) in [6.07, 6.45) is 4.19. The van der Waals surface area contributed by atoms with E-state index in [2.05, 4.69) is 59.6 Å². The second-order valence-electron chi connectivity index (χ2n) is 9.67. The second kappa shape index (κ2) is 10.7. The molecule has 1 heterocycles. The van der Waals surface area contributed by atoms with E-state index >= 15 is 0 Å². The summed E-state index contributed by atoms with van der Waals surface area (Å²) in [5.41, 5.74) is 5.04. The molecule has 0 atom stereocenters. The summed E-state index contributed by atoms with van der Waals surface area (Å²) in [5.74, 6) is 0.144. The van der Waals surface area contributed by atoms with Gasteiger partial charge in [0.25, 0.3) is 5.91 Å². The van der Waals surface area contributed by atoms with Crippen LogP contribution in [0.25, 0.3) is 21.2 Å². The highest BCUT2D eigenvalue weighted by atomic mass is 32.1. The lowest BCUT2D eigenvalue weighted by molar-refractivity contribution is 0.0605. The van der Waals surface area contributed by atoms with Crippen LogP contribution in [-0.4, -0.2) is 29.9 Å². The Morgan fingerprint density at radius 1 is 1.00 bits per heavy atom. The smallest absolute Gasteiger partial charge is 0.264 e. The molecule has 0 aliphatic heterocycles. The minimum atomic E-state index is 0.144. The van der Waals surface area contributed by atoms with Crippen molar-refractivity contribution < 1.29 is 4.79 Å². The van der Waals surface area contributed by atoms with Crippen molar-refractivity contribution in [2.75, 3.05) is 7.05 Å². The van der Waals surface area contributed by atoms with E-state index in [0.717, 1.165) is 52.8 Å². The number of benzene rings is 3. The first-order valence-electron chi connectivity index (χ1n) is 12.6. The number of carbonyl (C=O) groups excluding carboxylic acids is 1. The zero-order chi connectivity index (χ0) is 25.1. The molecule has 1 saturated carbocycles. The van der Waals surface area contributed by atoms with E-state index in [1.54, 1.807) is 11.3 Å². The van der Waals surface area contributed by atoms with Gasteiger partial charge in [0.15, 0.2) is 0 Å². The maximum absolute atomic E-state index is 14.1. The number of nitriles is 1. The lowest BCUT2D eigenvalue weighted by atomic mass is 9.89. The van der Waals surface area contributed by atoms with Crippen LogP contribution in [0.2, 0.25) is 0 Å². The summed E-state index contributed by atoms with van der Waals surface area (Å²) in [6, 6.07) is 27.4. The summed E-state index contributed by atoms with van der Waals surface area (Å²) >= 11 is 1.61. The molecule has 1 aliphatic rings. The van der Waals surface area contributed by atoms with Gasteiger partial charge in [-0.25, -0.2) is 0 Å². The fourth-order valence-corrected chi connectivity index (χ4v) is 6.50. The Morgan fingerprint density at radius 3 is 2.44 bits per heavy atom. The molecule has 4 aromatic rings. The van der Waals surface area contributed by atoms with Crippen LogP contribution in [-0.2, 0) is 6.54 Å². The second-order valence-corrected chi connectivity index (χ2v) is 10.7. The Balaban J connectivity index is 1.46. The molecule has 5 rings (SSSR count). The molecule has 4 nitrogen and oxygen atoms in total. The first-order chi connectivity index (χ1) is 17.6. The van der Waals surface area contributed by atoms with E-state index < -0.39 is 0 Å². The fraction of sp³-hybridized carbons (Fsp3) is 0.290. The van der Waals surface area contributed by atoms with Crippen LogP contribution < -0.4 is 5.32 Å². The van der Waals surface area contributed by atoms with E-state index in [1.807, 2.05) is 43.4 Å². The van der Waals surface area contributed by atoms with Gasteiger partial charge in [-0.2, -0.15) is 5.26 Å². The zero-order valence-electron chi connectivity index (χ0n) is 20.8. The number of carbonyl (C=O) groups is 1. The number of aryl methyl sites for hydroxylation is 1. The average Bonchev–Trinajstić information content (AvgIpc) is 3.28. The number of nitrogens with one attached hydrogen (secondary N) is 1. The van der Waals surface area contributed by atoms with Gasteiger partial charge >= 0.3 is 0 Å². The minimum Gasteiger partial charge on any atom is -0.331 e. The van der Waals surface area contributed by atoms with Gasteiger partial charge in [0.05, 0.1) is 16.5 Å². The molecule has 3 aromatic carbocycles. The predicted molar refractivity (Wildman–Crippen MR) is 148 cm³/mol. The molecule has 0 spiro atoms. The van der Waals surface area contributed by atoms with Crippen molar-refractivity contribution in [1.82, 2.24) is 10.2 Å². The fourth-order valence-electron chi connectivity index (χ4n) is 5.33. The Kier molecular flexibility index (Phi) is 7.18. The molecule has 1 fully saturated rings. The number of amides is 1. The van der Waals surface area contributed by atoms with Crippen molar-refractivity contribution in [3.63, 3.8) is 0 Å². The Labute approximate surface area is 217 Å². The molecule has 36 heavy (non-hydrogen) atoms. The molecule has 1 aliphatic carbocycles. The van der Waals surface area contributed by atoms with Crippen molar-refractivity contribution in [3.8, 4) is 17.2 Å². The van der Waals surface area contributed by atoms with Crippen molar-refractivity contribution in [1.29, 1.82) is 5.26 Å². The molecule has 1 amide bonds. The molecule has 0 radical (unpaired) electrons. The van der Waals surface area contributed by atoms with E-state index in [9.17, 15) is 4.79 Å². The maximum Gasteiger partial charge on any atom is 0.264 e. The third kappa shape index (κ3) is 4.93. The summed E-state index contributed by atoms with van der Waals surface area (Å²) in [6.45, 7) is 2.67. The number of thiophene rings is 1. The largest absolute Gasteiger partial charge is 0.331 e. The van der Waals surface area contributed by atoms with Crippen molar-refractivity contribution in [2.45, 2.75) is 51.2 Å². The van der Waals surface area contributed by atoms with Gasteiger partial charge in [0, 0.05) is 23.3 Å². The SMILES string of the molecule is CNC1CCC(N(Cc2cccc(-c3ccc(C#N)cc3)c2)C(=O)c2sc3ccccc3c2C)CC1. The molecule has 0 bridgehead atoms. The molecule has 182 valence electrons. The highest BCUT2D eigenvalue weighted by molar-refractivity contribution is 7.21. The van der Waals surface area contributed by atoms with Crippen molar-refractivity contribution >= 4 is 27.3 Å². The van der Waals surface area contributed by atoms with E-state index in [4.69, 9.17) is 5.26 Å². The Bertz CT molecular complexity index is 1410. The zero-order valence-corrected chi connectivity index (χ0v) is 21.6. The van der Waals surface area contributed by atoms with Gasteiger partial charge in [-0.15, -0.1) is 11.3 Å². The minimum absolute atomic E-state index is 0.144. The first-order valence-corrected chi connectivity index (χ1v) is 13.4. The van der Waals surface area contributed by atoms with E-state index in [1.165, 1.54) is 10.1 Å². The third-order valence-corrected chi connectivity index (χ3v) is 8.73. The van der Waals surface area contributed by atoms with Gasteiger partial charge in [-0.05, 0) is 91.6 Å². The van der Waals surface area contributed by atoms with Gasteiger partial charge < -0.3 is 10.2 Å². The van der Waals surface area contributed by atoms with E-state index in [-0.39, 0.29) is 11.9 Å². The monoisotopic (exact) mass is 493 g/mol. The topological polar surface area (TPSA) is 56.1 Å². The third-order valence-electron chi connectivity index (χ3n) is 7.47. The Hall–Kier alpha value is -3.46. The number of hydrogen-bond donors (Lipinski definition) is 1. The van der Waals surface area contributed by atoms with Crippen molar-refractivity contribution in [3.05, 3.63) is 94.4 Å². The maximum atomic E-state index is 14.1. The van der Waals surface area contributed by atoms with Gasteiger partial charge in [0.1, 0.15) is 0 Å². The highest BCUT2D eigenvalue weighted by Gasteiger charge is 2.31. The highest BCUT2D eigenvalue weighted by Crippen LogP contribution is 2.34. The standard InChI is InChI=1S/C31H31N3OS/c1-21-28-8-3-4-9-29(28)36-30(21)31(35)34(27-16-14-26(33-2)15-17-27)20-23-6-5-7-25(18-23)24-12-10-22(19-32)11-13-24/h3-13,18,26-27,33H,14-17,20H2,1-2H3. The van der Waals surface area contributed by atoms with Crippen molar-refractivity contribution in [2.24, 2.45) is 0 Å². The molecule has 1 aromatic heterocycles. The van der Waals surface area contributed by atoms with Crippen LogP contribution in [0.1, 0.15) is 52.0 Å². The average molecular weight is 494 g/mol. The summed E-state index contributed by atoms with van der Waals surface area (Å²) in [4.78, 5) is 17.1. The lowest BCUT2D eigenvalue weighted by Crippen LogP contribution is -2.44. The van der Waals surface area contributed by atoms with Gasteiger partial charge in [0.2, 0.25) is 0 Å². The van der Waals surface area contributed by atoms with Crippen LogP contribution >= 0.6 is 11.3 Å². The van der Waals surface area contributed by atoms with E-state index in [0.29, 0.717) is 18.2 Å². The number of nitrogens with zero attached hydrogens (tertiary/aromatic N) is 2. The predicted octanol–water partition coefficient (Wildman–Crippen LogP) is 6.92. The van der Waals surface area contributed by atoms with Crippen LogP contribution in [0.15, 0.2) is 72.8 Å². The van der Waals surface area contributed by atoms with Crippen LogP contribution in [0, 0.1) is 18.3 Å². The summed E-state index contributed by atoms with van der Waals surface area (Å²) in [7, 11) is 2.03. The number of fused-ring (bicyclic) bond motifs is 1. The summed E-state index contributed by atoms with van der Waals surface area (Å²) in [5, 5.41) is 13.7. The molecule has 0 saturated heterocycles. The van der Waals surface area contributed by atoms with Crippen LogP contribution in [0.5, 0.6) is 0 Å². The van der Waals surface area contributed by atoms with Gasteiger partial charge in [-0.1, -0.05) is 48.5 Å². The van der Waals surface area contributed by atoms with Crippen LogP contribution in [0.4, 0.5) is 0 Å². The normalized spacial score (nSPS) is 17.6. The van der Waals surface area contributed by atoms with Crippen LogP contribution in [0.3, 0.4) is 0 Å². The molecule has 0 unspecified atom stereocenters. The Morgan fingerprint density at radius 2 is 1.75 bits per heavy atom. The molecule has 1 N–H and O–H groups in total. The number of rotatable bonds is 6. The molecule has 5 heteroatoms. The first kappa shape index (κ1) is 24.2. The summed E-state index contributed by atoms with van der Waals surface area (Å²) < 4.78 is 1.17. The van der Waals surface area contributed by atoms with Gasteiger partial charge in [-0.3, -0.25) is 4.79 Å². The number of hydrogen-bond acceptors (Lipinski definition) is 4. The lowest BCUT2D eigenvalue weighted by Gasteiger charge is -2.37. The quantitative estimate of drug-likeness (QED) is 0.317. The molecular formula is C31H31N3OS.